The summed E-state index contributed by atoms with van der Waals surface area (Å²) in [6.07, 6.45) is 1.62. The van der Waals surface area contributed by atoms with Gasteiger partial charge in [-0.05, 0) is 54.6 Å². The van der Waals surface area contributed by atoms with Crippen molar-refractivity contribution in [3.63, 3.8) is 0 Å². The monoisotopic (exact) mass is 424 g/mol. The van der Waals surface area contributed by atoms with Crippen molar-refractivity contribution in [3.05, 3.63) is 92.8 Å². The molecule has 0 unspecified atom stereocenters. The molecule has 0 aliphatic heterocycles. The third-order valence-corrected chi connectivity index (χ3v) is 4.78. The molecule has 0 aliphatic rings. The Hall–Kier alpha value is -3.35. The van der Waals surface area contributed by atoms with Gasteiger partial charge in [0.2, 0.25) is 5.56 Å². The van der Waals surface area contributed by atoms with E-state index in [1.807, 2.05) is 18.2 Å². The molecular formula is C21H14Cl2N4O2. The minimum absolute atomic E-state index is 0.206. The van der Waals surface area contributed by atoms with Crippen LogP contribution in [0.2, 0.25) is 10.0 Å². The molecule has 0 atom stereocenters. The number of rotatable bonds is 4. The Bertz CT molecular complexity index is 1270. The first-order chi connectivity index (χ1) is 14.0. The Morgan fingerprint density at radius 3 is 2.45 bits per heavy atom. The van der Waals surface area contributed by atoms with E-state index >= 15 is 0 Å². The van der Waals surface area contributed by atoms with Gasteiger partial charge in [-0.2, -0.15) is 0 Å². The quantitative estimate of drug-likeness (QED) is 0.418. The Kier molecular flexibility index (Phi) is 5.20. The minimum atomic E-state index is -0.323. The first-order valence-corrected chi connectivity index (χ1v) is 9.37. The number of halogens is 2. The number of aromatic nitrogens is 2. The molecule has 0 saturated carbocycles. The van der Waals surface area contributed by atoms with Gasteiger partial charge in [-0.25, -0.2) is 4.98 Å². The lowest BCUT2D eigenvalue weighted by molar-refractivity contribution is 0.102. The summed E-state index contributed by atoms with van der Waals surface area (Å²) in [5.41, 5.74) is 2.88. The van der Waals surface area contributed by atoms with Crippen molar-refractivity contribution in [3.8, 4) is 0 Å². The molecule has 3 N–H and O–H groups in total. The summed E-state index contributed by atoms with van der Waals surface area (Å²) in [7, 11) is 0. The summed E-state index contributed by atoms with van der Waals surface area (Å²) in [6.45, 7) is 0. The van der Waals surface area contributed by atoms with Crippen molar-refractivity contribution in [1.82, 2.24) is 9.97 Å². The maximum atomic E-state index is 12.4. The molecule has 0 bridgehead atoms. The number of pyridine rings is 2. The maximum absolute atomic E-state index is 12.4. The molecule has 2 aromatic carbocycles. The van der Waals surface area contributed by atoms with Crippen LogP contribution < -0.4 is 16.2 Å². The number of aromatic amines is 1. The first-order valence-electron chi connectivity index (χ1n) is 8.61. The molecule has 0 aliphatic carbocycles. The fourth-order valence-electron chi connectivity index (χ4n) is 2.83. The van der Waals surface area contributed by atoms with E-state index in [9.17, 15) is 9.59 Å². The topological polar surface area (TPSA) is 86.9 Å². The molecule has 6 nitrogen and oxygen atoms in total. The Morgan fingerprint density at radius 1 is 0.931 bits per heavy atom. The molecule has 29 heavy (non-hydrogen) atoms. The fraction of sp³-hybridized carbons (Fsp3) is 0. The number of nitrogens with zero attached hydrogens (tertiary/aromatic N) is 1. The van der Waals surface area contributed by atoms with Crippen molar-refractivity contribution < 1.29 is 4.79 Å². The lowest BCUT2D eigenvalue weighted by atomic mass is 10.2. The Balaban J connectivity index is 1.51. The number of nitrogens with one attached hydrogen (secondary N) is 3. The first kappa shape index (κ1) is 19.0. The van der Waals surface area contributed by atoms with Gasteiger partial charge in [-0.15, -0.1) is 0 Å². The van der Waals surface area contributed by atoms with Gasteiger partial charge in [0.25, 0.3) is 5.91 Å². The molecular weight excluding hydrogens is 411 g/mol. The predicted molar refractivity (Wildman–Crippen MR) is 117 cm³/mol. The number of H-pyrrole nitrogens is 1. The highest BCUT2D eigenvalue weighted by molar-refractivity contribution is 6.37. The SMILES string of the molecule is O=C(Nc1ccc(Nc2ccnc3[nH]c(=O)ccc23)cc1)c1ccc(Cl)cc1Cl. The van der Waals surface area contributed by atoms with Gasteiger partial charge >= 0.3 is 0 Å². The highest BCUT2D eigenvalue weighted by Crippen LogP contribution is 2.25. The van der Waals surface area contributed by atoms with Crippen LogP contribution in [-0.2, 0) is 0 Å². The molecule has 1 amide bonds. The van der Waals surface area contributed by atoms with Crippen LogP contribution in [0.15, 0.2) is 71.7 Å². The lowest BCUT2D eigenvalue weighted by Gasteiger charge is -2.11. The van der Waals surface area contributed by atoms with Gasteiger partial charge in [0.05, 0.1) is 16.3 Å². The van der Waals surface area contributed by atoms with Crippen LogP contribution >= 0.6 is 23.2 Å². The van der Waals surface area contributed by atoms with E-state index in [1.165, 1.54) is 12.1 Å². The summed E-state index contributed by atoms with van der Waals surface area (Å²) in [5, 5.41) is 7.63. The normalized spacial score (nSPS) is 10.7. The van der Waals surface area contributed by atoms with Crippen LogP contribution in [0.3, 0.4) is 0 Å². The van der Waals surface area contributed by atoms with Crippen molar-refractivity contribution in [2.24, 2.45) is 0 Å². The fourth-order valence-corrected chi connectivity index (χ4v) is 3.33. The number of amides is 1. The van der Waals surface area contributed by atoms with E-state index in [0.717, 1.165) is 16.8 Å². The maximum Gasteiger partial charge on any atom is 0.257 e. The summed E-state index contributed by atoms with van der Waals surface area (Å²) in [6, 6.07) is 16.9. The van der Waals surface area contributed by atoms with Gasteiger partial charge in [0.1, 0.15) is 5.65 Å². The summed E-state index contributed by atoms with van der Waals surface area (Å²) in [4.78, 5) is 30.7. The minimum Gasteiger partial charge on any atom is -0.355 e. The van der Waals surface area contributed by atoms with Crippen molar-refractivity contribution >= 4 is 57.2 Å². The Labute approximate surface area is 175 Å². The molecule has 0 fully saturated rings. The molecule has 4 rings (SSSR count). The van der Waals surface area contributed by atoms with Crippen LogP contribution in [0.1, 0.15) is 10.4 Å². The molecule has 0 radical (unpaired) electrons. The standard InChI is InChI=1S/C21H14Cl2N4O2/c22-12-1-6-15(17(23)11-12)21(29)26-14-4-2-13(3-5-14)25-18-9-10-24-20-16(18)7-8-19(28)27-20/h1-11H,(H,26,29)(H2,24,25,27,28). The second-order valence-corrected chi connectivity index (χ2v) is 7.07. The van der Waals surface area contributed by atoms with Crippen LogP contribution in [0.5, 0.6) is 0 Å². The largest absolute Gasteiger partial charge is 0.355 e. The zero-order valence-corrected chi connectivity index (χ0v) is 16.4. The molecule has 2 aromatic heterocycles. The van der Waals surface area contributed by atoms with Gasteiger partial charge < -0.3 is 15.6 Å². The van der Waals surface area contributed by atoms with Gasteiger partial charge in [0, 0.05) is 34.0 Å². The Morgan fingerprint density at radius 2 is 1.69 bits per heavy atom. The van der Waals surface area contributed by atoms with E-state index in [1.54, 1.807) is 36.5 Å². The second-order valence-electron chi connectivity index (χ2n) is 6.22. The smallest absolute Gasteiger partial charge is 0.257 e. The number of fused-ring (bicyclic) bond motifs is 1. The molecule has 2 heterocycles. The molecule has 0 spiro atoms. The molecule has 8 heteroatoms. The number of anilines is 3. The predicted octanol–water partition coefficient (Wildman–Crippen LogP) is 5.23. The van der Waals surface area contributed by atoms with E-state index in [-0.39, 0.29) is 16.5 Å². The average Bonchev–Trinajstić information content (AvgIpc) is 2.69. The van der Waals surface area contributed by atoms with Gasteiger partial charge in [-0.1, -0.05) is 23.2 Å². The van der Waals surface area contributed by atoms with Crippen LogP contribution in [0.25, 0.3) is 11.0 Å². The summed E-state index contributed by atoms with van der Waals surface area (Å²) >= 11 is 11.9. The highest BCUT2D eigenvalue weighted by Gasteiger charge is 2.11. The number of hydrogen-bond donors (Lipinski definition) is 3. The van der Waals surface area contributed by atoms with E-state index in [4.69, 9.17) is 23.2 Å². The molecule has 4 aromatic rings. The van der Waals surface area contributed by atoms with Crippen LogP contribution in [-0.4, -0.2) is 15.9 Å². The highest BCUT2D eigenvalue weighted by atomic mass is 35.5. The average molecular weight is 425 g/mol. The molecule has 0 saturated heterocycles. The van der Waals surface area contributed by atoms with E-state index < -0.39 is 0 Å². The second kappa shape index (κ2) is 7.95. The van der Waals surface area contributed by atoms with Crippen molar-refractivity contribution in [1.29, 1.82) is 0 Å². The van der Waals surface area contributed by atoms with Gasteiger partial charge in [0.15, 0.2) is 0 Å². The van der Waals surface area contributed by atoms with Crippen LogP contribution in [0.4, 0.5) is 17.1 Å². The number of carbonyl (C=O) groups is 1. The van der Waals surface area contributed by atoms with Crippen molar-refractivity contribution in [2.75, 3.05) is 10.6 Å². The number of hydrogen-bond acceptors (Lipinski definition) is 4. The van der Waals surface area contributed by atoms with Gasteiger partial charge in [-0.3, -0.25) is 9.59 Å². The zero-order chi connectivity index (χ0) is 20.4. The molecule has 144 valence electrons. The van der Waals surface area contributed by atoms with Crippen LogP contribution in [0, 0.1) is 0 Å². The third kappa shape index (κ3) is 4.23. The number of carbonyl (C=O) groups excluding carboxylic acids is 1. The lowest BCUT2D eigenvalue weighted by Crippen LogP contribution is -2.12. The summed E-state index contributed by atoms with van der Waals surface area (Å²) in [5.74, 6) is -0.323. The van der Waals surface area contributed by atoms with E-state index in [0.29, 0.717) is 21.9 Å². The van der Waals surface area contributed by atoms with Crippen molar-refractivity contribution in [2.45, 2.75) is 0 Å². The zero-order valence-electron chi connectivity index (χ0n) is 14.9. The third-order valence-electron chi connectivity index (χ3n) is 4.23. The number of benzene rings is 2. The summed E-state index contributed by atoms with van der Waals surface area (Å²) < 4.78 is 0. The van der Waals surface area contributed by atoms with E-state index in [2.05, 4.69) is 20.6 Å².